The lowest BCUT2D eigenvalue weighted by Crippen LogP contribution is -2.16. The van der Waals surface area contributed by atoms with E-state index >= 15 is 0 Å². The summed E-state index contributed by atoms with van der Waals surface area (Å²) in [6, 6.07) is 1.26. The van der Waals surface area contributed by atoms with Crippen molar-refractivity contribution in [2.45, 2.75) is 32.1 Å². The number of hydrogen-bond acceptors (Lipinski definition) is 2. The van der Waals surface area contributed by atoms with E-state index in [1.807, 2.05) is 0 Å². The summed E-state index contributed by atoms with van der Waals surface area (Å²) in [7, 11) is 0. The third-order valence-electron chi connectivity index (χ3n) is 2.89. The van der Waals surface area contributed by atoms with Gasteiger partial charge in [-0.05, 0) is 12.8 Å². The van der Waals surface area contributed by atoms with Gasteiger partial charge in [-0.3, -0.25) is 4.79 Å². The lowest BCUT2D eigenvalue weighted by atomic mass is 10.1. The number of aromatic nitrogens is 1. The molecule has 0 aromatic carbocycles. The van der Waals surface area contributed by atoms with E-state index in [0.29, 0.717) is 0 Å². The summed E-state index contributed by atoms with van der Waals surface area (Å²) in [5, 5.41) is 2.48. The normalized spacial score (nSPS) is 15.6. The monoisotopic (exact) mass is 274 g/mol. The summed E-state index contributed by atoms with van der Waals surface area (Å²) >= 11 is 5.80. The van der Waals surface area contributed by atoms with Crippen molar-refractivity contribution in [3.8, 4) is 0 Å². The van der Waals surface area contributed by atoms with Crippen molar-refractivity contribution < 1.29 is 13.6 Å². The maximum atomic E-state index is 13.5. The Hall–Kier alpha value is -1.23. The Balaban J connectivity index is 2.16. The van der Waals surface area contributed by atoms with E-state index in [4.69, 9.17) is 11.6 Å². The fourth-order valence-corrected chi connectivity index (χ4v) is 1.82. The summed E-state index contributed by atoms with van der Waals surface area (Å²) in [6.07, 6.45) is 2.41. The molecule has 6 heteroatoms. The third-order valence-corrected chi connectivity index (χ3v) is 3.20. The zero-order chi connectivity index (χ0) is 13.3. The molecule has 1 aliphatic carbocycles. The SMILES string of the molecule is CCC(F)(F)c1cnc(NC(=O)C2CC2)cc1Cl. The average molecular weight is 275 g/mol. The summed E-state index contributed by atoms with van der Waals surface area (Å²) in [5.41, 5.74) is -0.309. The zero-order valence-corrected chi connectivity index (χ0v) is 10.6. The molecule has 1 N–H and O–H groups in total. The van der Waals surface area contributed by atoms with Crippen LogP contribution < -0.4 is 5.32 Å². The van der Waals surface area contributed by atoms with Gasteiger partial charge in [0.25, 0.3) is 5.92 Å². The number of rotatable bonds is 4. The number of halogens is 3. The molecule has 1 aromatic heterocycles. The molecular weight excluding hydrogens is 262 g/mol. The van der Waals surface area contributed by atoms with Gasteiger partial charge >= 0.3 is 0 Å². The van der Waals surface area contributed by atoms with Crippen molar-refractivity contribution in [2.24, 2.45) is 5.92 Å². The summed E-state index contributed by atoms with van der Waals surface area (Å²) in [4.78, 5) is 15.3. The second-order valence-corrected chi connectivity index (χ2v) is 4.78. The van der Waals surface area contributed by atoms with Crippen molar-refractivity contribution in [2.75, 3.05) is 5.32 Å². The number of amides is 1. The fraction of sp³-hybridized carbons (Fsp3) is 0.500. The zero-order valence-electron chi connectivity index (χ0n) is 9.84. The molecule has 0 unspecified atom stereocenters. The van der Waals surface area contributed by atoms with Crippen LogP contribution in [-0.4, -0.2) is 10.9 Å². The van der Waals surface area contributed by atoms with Gasteiger partial charge in [-0.25, -0.2) is 13.8 Å². The number of hydrogen-bond donors (Lipinski definition) is 1. The highest BCUT2D eigenvalue weighted by atomic mass is 35.5. The van der Waals surface area contributed by atoms with Gasteiger partial charge in [0.1, 0.15) is 5.82 Å². The Bertz CT molecular complexity index is 475. The van der Waals surface area contributed by atoms with Crippen molar-refractivity contribution >= 4 is 23.3 Å². The molecule has 98 valence electrons. The Kier molecular flexibility index (Phi) is 3.52. The number of nitrogens with one attached hydrogen (secondary N) is 1. The number of alkyl halides is 2. The molecule has 1 saturated carbocycles. The molecule has 0 saturated heterocycles. The maximum Gasteiger partial charge on any atom is 0.275 e. The van der Waals surface area contributed by atoms with Gasteiger partial charge in [0, 0.05) is 24.6 Å². The first-order valence-corrected chi connectivity index (χ1v) is 6.16. The van der Waals surface area contributed by atoms with Crippen LogP contribution in [-0.2, 0) is 10.7 Å². The van der Waals surface area contributed by atoms with Gasteiger partial charge in [0.15, 0.2) is 0 Å². The first-order valence-electron chi connectivity index (χ1n) is 5.78. The summed E-state index contributed by atoms with van der Waals surface area (Å²) in [5.74, 6) is -2.88. The van der Waals surface area contributed by atoms with E-state index in [9.17, 15) is 13.6 Å². The van der Waals surface area contributed by atoms with Gasteiger partial charge in [0.2, 0.25) is 5.91 Å². The number of nitrogens with zero attached hydrogens (tertiary/aromatic N) is 1. The Morgan fingerprint density at radius 2 is 2.28 bits per heavy atom. The van der Waals surface area contributed by atoms with Crippen LogP contribution in [0.2, 0.25) is 5.02 Å². The van der Waals surface area contributed by atoms with Crippen LogP contribution in [0.4, 0.5) is 14.6 Å². The Morgan fingerprint density at radius 3 is 2.78 bits per heavy atom. The molecule has 0 aliphatic heterocycles. The second kappa shape index (κ2) is 4.80. The van der Waals surface area contributed by atoms with E-state index in [1.165, 1.54) is 13.0 Å². The molecule has 2 rings (SSSR count). The molecule has 0 spiro atoms. The van der Waals surface area contributed by atoms with Crippen LogP contribution in [0.25, 0.3) is 0 Å². The van der Waals surface area contributed by atoms with Crippen LogP contribution >= 0.6 is 11.6 Å². The first kappa shape index (κ1) is 13.2. The number of pyridine rings is 1. The highest BCUT2D eigenvalue weighted by molar-refractivity contribution is 6.31. The lowest BCUT2D eigenvalue weighted by molar-refractivity contribution is -0.117. The molecule has 1 aliphatic rings. The van der Waals surface area contributed by atoms with E-state index < -0.39 is 5.92 Å². The van der Waals surface area contributed by atoms with Gasteiger partial charge in [-0.2, -0.15) is 0 Å². The predicted molar refractivity (Wildman–Crippen MR) is 64.8 cm³/mol. The fourth-order valence-electron chi connectivity index (χ4n) is 1.53. The van der Waals surface area contributed by atoms with E-state index in [1.54, 1.807) is 0 Å². The van der Waals surface area contributed by atoms with Crippen molar-refractivity contribution in [1.82, 2.24) is 4.98 Å². The molecule has 0 bridgehead atoms. The minimum absolute atomic E-state index is 0.0299. The minimum Gasteiger partial charge on any atom is -0.310 e. The third kappa shape index (κ3) is 2.77. The van der Waals surface area contributed by atoms with E-state index in [0.717, 1.165) is 19.0 Å². The molecule has 1 fully saturated rings. The van der Waals surface area contributed by atoms with Crippen LogP contribution in [0.3, 0.4) is 0 Å². The van der Waals surface area contributed by atoms with Crippen LogP contribution in [0.15, 0.2) is 12.3 Å². The lowest BCUT2D eigenvalue weighted by Gasteiger charge is -2.16. The molecule has 0 radical (unpaired) electrons. The van der Waals surface area contributed by atoms with E-state index in [-0.39, 0.29) is 34.6 Å². The van der Waals surface area contributed by atoms with Crippen LogP contribution in [0.1, 0.15) is 31.7 Å². The molecular formula is C12H13ClF2N2O. The first-order chi connectivity index (χ1) is 8.44. The standard InChI is InChI=1S/C12H13ClF2N2O/c1-2-12(14,15)8-6-16-10(5-9(8)13)17-11(18)7-3-4-7/h5-7H,2-4H2,1H3,(H,16,17,18). The number of anilines is 1. The van der Waals surface area contributed by atoms with Crippen LogP contribution in [0, 0.1) is 5.92 Å². The van der Waals surface area contributed by atoms with Crippen molar-refractivity contribution in [3.05, 3.63) is 22.8 Å². The predicted octanol–water partition coefficient (Wildman–Crippen LogP) is 3.59. The molecule has 3 nitrogen and oxygen atoms in total. The highest BCUT2D eigenvalue weighted by Crippen LogP contribution is 2.36. The Morgan fingerprint density at radius 1 is 1.61 bits per heavy atom. The molecule has 1 heterocycles. The molecule has 1 aromatic rings. The topological polar surface area (TPSA) is 42.0 Å². The van der Waals surface area contributed by atoms with Gasteiger partial charge in [-0.15, -0.1) is 0 Å². The minimum atomic E-state index is -3.00. The quantitative estimate of drug-likeness (QED) is 0.912. The average Bonchev–Trinajstić information content (AvgIpc) is 3.12. The summed E-state index contributed by atoms with van der Waals surface area (Å²) in [6.45, 7) is 1.37. The molecule has 18 heavy (non-hydrogen) atoms. The van der Waals surface area contributed by atoms with E-state index in [2.05, 4.69) is 10.3 Å². The Labute approximate surface area is 109 Å². The second-order valence-electron chi connectivity index (χ2n) is 4.37. The smallest absolute Gasteiger partial charge is 0.275 e. The van der Waals surface area contributed by atoms with Crippen molar-refractivity contribution in [3.63, 3.8) is 0 Å². The van der Waals surface area contributed by atoms with Gasteiger partial charge in [0.05, 0.1) is 10.6 Å². The number of carbonyl (C=O) groups is 1. The maximum absolute atomic E-state index is 13.5. The molecule has 0 atom stereocenters. The summed E-state index contributed by atoms with van der Waals surface area (Å²) < 4.78 is 26.9. The van der Waals surface area contributed by atoms with Gasteiger partial charge in [-0.1, -0.05) is 18.5 Å². The van der Waals surface area contributed by atoms with Crippen LogP contribution in [0.5, 0.6) is 0 Å². The highest BCUT2D eigenvalue weighted by Gasteiger charge is 2.33. The molecule has 1 amide bonds. The van der Waals surface area contributed by atoms with Gasteiger partial charge < -0.3 is 5.32 Å². The largest absolute Gasteiger partial charge is 0.310 e. The number of carbonyl (C=O) groups excluding carboxylic acids is 1. The van der Waals surface area contributed by atoms with Crippen molar-refractivity contribution in [1.29, 1.82) is 0 Å².